The van der Waals surface area contributed by atoms with Gasteiger partial charge in [0.15, 0.2) is 0 Å². The van der Waals surface area contributed by atoms with Gasteiger partial charge in [-0.3, -0.25) is 0 Å². The van der Waals surface area contributed by atoms with Crippen molar-refractivity contribution in [2.45, 2.75) is 57.9 Å². The number of benzene rings is 1. The van der Waals surface area contributed by atoms with Crippen LogP contribution in [0.5, 0.6) is 0 Å². The molecule has 0 amide bonds. The smallest absolute Gasteiger partial charge is 0.129 e. The van der Waals surface area contributed by atoms with Gasteiger partial charge in [-0.2, -0.15) is 0 Å². The average Bonchev–Trinajstić information content (AvgIpc) is 2.42. The second-order valence-electron chi connectivity index (χ2n) is 5.75. The van der Waals surface area contributed by atoms with Crippen LogP contribution in [0.2, 0.25) is 0 Å². The van der Waals surface area contributed by atoms with Gasteiger partial charge in [-0.05, 0) is 50.8 Å². The van der Waals surface area contributed by atoms with Crippen LogP contribution in [0.15, 0.2) is 29.8 Å². The van der Waals surface area contributed by atoms with Crippen LogP contribution in [-0.2, 0) is 6.42 Å². The molecule has 1 aliphatic rings. The first kappa shape index (κ1) is 16.2. The molecule has 1 N–H and O–H groups in total. The Labute approximate surface area is 126 Å². The van der Waals surface area contributed by atoms with Crippen molar-refractivity contribution in [1.29, 1.82) is 0 Å². The minimum Gasteiger partial charge on any atom is -0.310 e. The molecule has 0 aliphatic heterocycles. The molecule has 1 aromatic carbocycles. The molecule has 0 saturated heterocycles. The van der Waals surface area contributed by atoms with Crippen molar-refractivity contribution in [3.05, 3.63) is 47.0 Å². The summed E-state index contributed by atoms with van der Waals surface area (Å²) in [7, 11) is 0. The monoisotopic (exact) mass is 293 g/mol. The molecular formula is C18H25F2N. The number of allylic oxidation sites excluding steroid dienone is 1. The minimum absolute atomic E-state index is 0.0412. The van der Waals surface area contributed by atoms with Crippen molar-refractivity contribution in [3.8, 4) is 0 Å². The van der Waals surface area contributed by atoms with Crippen molar-refractivity contribution in [2.75, 3.05) is 6.54 Å². The Bertz CT molecular complexity index is 462. The SMILES string of the molecule is CCNC(Cc1c(F)cccc1F)/C1=C/CCCCCC1. The Balaban J connectivity index is 2.18. The van der Waals surface area contributed by atoms with Crippen molar-refractivity contribution < 1.29 is 8.78 Å². The molecule has 0 saturated carbocycles. The third-order valence-electron chi connectivity index (χ3n) is 4.19. The fraction of sp³-hybridized carbons (Fsp3) is 0.556. The molecule has 0 heterocycles. The summed E-state index contributed by atoms with van der Waals surface area (Å²) in [5.41, 5.74) is 1.52. The molecule has 1 unspecified atom stereocenters. The predicted molar refractivity (Wildman–Crippen MR) is 83.3 cm³/mol. The molecule has 0 aromatic heterocycles. The molecule has 1 aliphatic carbocycles. The van der Waals surface area contributed by atoms with Crippen LogP contribution in [0.25, 0.3) is 0 Å². The quantitative estimate of drug-likeness (QED) is 0.771. The standard InChI is InChI=1S/C18H25F2N/c1-2-21-18(14-9-6-4-3-5-7-10-14)13-15-16(19)11-8-12-17(15)20/h8-9,11-12,18,21H,2-7,10,13H2,1H3/b14-9+. The number of rotatable bonds is 5. The van der Waals surface area contributed by atoms with Gasteiger partial charge in [0.2, 0.25) is 0 Å². The van der Waals surface area contributed by atoms with E-state index >= 15 is 0 Å². The van der Waals surface area contributed by atoms with Crippen molar-refractivity contribution in [3.63, 3.8) is 0 Å². The zero-order valence-electron chi connectivity index (χ0n) is 12.8. The molecule has 3 heteroatoms. The van der Waals surface area contributed by atoms with E-state index in [0.29, 0.717) is 6.42 Å². The van der Waals surface area contributed by atoms with Crippen LogP contribution in [-0.4, -0.2) is 12.6 Å². The van der Waals surface area contributed by atoms with E-state index in [1.165, 1.54) is 49.5 Å². The molecule has 1 atom stereocenters. The lowest BCUT2D eigenvalue weighted by molar-refractivity contribution is 0.500. The summed E-state index contributed by atoms with van der Waals surface area (Å²) in [5.74, 6) is -0.881. The maximum Gasteiger partial charge on any atom is 0.129 e. The summed E-state index contributed by atoms with van der Waals surface area (Å²) in [6.07, 6.45) is 9.72. The largest absolute Gasteiger partial charge is 0.310 e. The highest BCUT2D eigenvalue weighted by molar-refractivity contribution is 5.24. The maximum absolute atomic E-state index is 13.9. The second-order valence-corrected chi connectivity index (χ2v) is 5.75. The Hall–Kier alpha value is -1.22. The molecule has 1 aromatic rings. The van der Waals surface area contributed by atoms with Crippen LogP contribution in [0.1, 0.15) is 51.0 Å². The highest BCUT2D eigenvalue weighted by Crippen LogP contribution is 2.23. The van der Waals surface area contributed by atoms with Crippen molar-refractivity contribution in [1.82, 2.24) is 5.32 Å². The predicted octanol–water partition coefficient (Wildman–Crippen LogP) is 4.77. The van der Waals surface area contributed by atoms with E-state index in [-0.39, 0.29) is 11.6 Å². The molecule has 0 spiro atoms. The number of nitrogens with one attached hydrogen (secondary N) is 1. The number of halogens is 2. The van der Waals surface area contributed by atoms with Gasteiger partial charge in [0, 0.05) is 11.6 Å². The average molecular weight is 293 g/mol. The van der Waals surface area contributed by atoms with E-state index in [2.05, 4.69) is 11.4 Å². The fourth-order valence-corrected chi connectivity index (χ4v) is 3.05. The Kier molecular flexibility index (Phi) is 6.37. The summed E-state index contributed by atoms with van der Waals surface area (Å²) in [5, 5.41) is 3.40. The third-order valence-corrected chi connectivity index (χ3v) is 4.19. The highest BCUT2D eigenvalue weighted by Gasteiger charge is 2.19. The van der Waals surface area contributed by atoms with E-state index in [1.54, 1.807) is 0 Å². The molecule has 0 fully saturated rings. The minimum atomic E-state index is -0.440. The first-order valence-corrected chi connectivity index (χ1v) is 8.07. The molecule has 0 bridgehead atoms. The van der Waals surface area contributed by atoms with Crippen LogP contribution in [0, 0.1) is 11.6 Å². The Morgan fingerprint density at radius 1 is 1.10 bits per heavy atom. The molecular weight excluding hydrogens is 268 g/mol. The van der Waals surface area contributed by atoms with Gasteiger partial charge in [-0.25, -0.2) is 8.78 Å². The zero-order chi connectivity index (χ0) is 15.1. The Morgan fingerprint density at radius 3 is 2.52 bits per heavy atom. The maximum atomic E-state index is 13.9. The van der Waals surface area contributed by atoms with Gasteiger partial charge in [-0.15, -0.1) is 0 Å². The topological polar surface area (TPSA) is 12.0 Å². The van der Waals surface area contributed by atoms with Crippen LogP contribution < -0.4 is 5.32 Å². The van der Waals surface area contributed by atoms with Crippen LogP contribution in [0.3, 0.4) is 0 Å². The normalized spacial score (nSPS) is 20.2. The van der Waals surface area contributed by atoms with E-state index in [9.17, 15) is 8.78 Å². The summed E-state index contributed by atoms with van der Waals surface area (Å²) in [6.45, 7) is 2.84. The van der Waals surface area contributed by atoms with Crippen LogP contribution >= 0.6 is 0 Å². The number of hydrogen-bond donors (Lipinski definition) is 1. The lowest BCUT2D eigenvalue weighted by Gasteiger charge is -2.23. The highest BCUT2D eigenvalue weighted by atomic mass is 19.1. The third kappa shape index (κ3) is 4.63. The first-order valence-electron chi connectivity index (χ1n) is 8.07. The van der Waals surface area contributed by atoms with E-state index < -0.39 is 11.6 Å². The molecule has 21 heavy (non-hydrogen) atoms. The summed E-state index contributed by atoms with van der Waals surface area (Å²) in [4.78, 5) is 0. The van der Waals surface area contributed by atoms with E-state index in [1.807, 2.05) is 6.92 Å². The first-order chi connectivity index (χ1) is 10.2. The molecule has 2 rings (SSSR count). The van der Waals surface area contributed by atoms with Gasteiger partial charge in [0.25, 0.3) is 0 Å². The molecule has 116 valence electrons. The van der Waals surface area contributed by atoms with E-state index in [4.69, 9.17) is 0 Å². The van der Waals surface area contributed by atoms with Gasteiger partial charge in [-0.1, -0.05) is 37.5 Å². The van der Waals surface area contributed by atoms with Gasteiger partial charge >= 0.3 is 0 Å². The summed E-state index contributed by atoms with van der Waals surface area (Å²) < 4.78 is 27.8. The zero-order valence-corrected chi connectivity index (χ0v) is 12.8. The number of likely N-dealkylation sites (N-methyl/N-ethyl adjacent to an activating group) is 1. The van der Waals surface area contributed by atoms with Gasteiger partial charge < -0.3 is 5.32 Å². The molecule has 1 nitrogen and oxygen atoms in total. The van der Waals surface area contributed by atoms with Crippen LogP contribution in [0.4, 0.5) is 8.78 Å². The summed E-state index contributed by atoms with van der Waals surface area (Å²) >= 11 is 0. The second kappa shape index (κ2) is 8.28. The summed E-state index contributed by atoms with van der Waals surface area (Å²) in [6, 6.07) is 4.15. The van der Waals surface area contributed by atoms with Crippen molar-refractivity contribution >= 4 is 0 Å². The van der Waals surface area contributed by atoms with Crippen molar-refractivity contribution in [2.24, 2.45) is 0 Å². The molecule has 0 radical (unpaired) electrons. The van der Waals surface area contributed by atoms with Gasteiger partial charge in [0.1, 0.15) is 11.6 Å². The fourth-order valence-electron chi connectivity index (χ4n) is 3.05. The lowest BCUT2D eigenvalue weighted by Crippen LogP contribution is -2.33. The Morgan fingerprint density at radius 2 is 1.81 bits per heavy atom. The lowest BCUT2D eigenvalue weighted by atomic mass is 9.91. The number of hydrogen-bond acceptors (Lipinski definition) is 1. The van der Waals surface area contributed by atoms with Gasteiger partial charge in [0.05, 0.1) is 0 Å². The van der Waals surface area contributed by atoms with E-state index in [0.717, 1.165) is 19.4 Å².